The zero-order valence-corrected chi connectivity index (χ0v) is 14.9. The van der Waals surface area contributed by atoms with Crippen molar-refractivity contribution in [3.63, 3.8) is 0 Å². The Kier molecular flexibility index (Phi) is 3.69. The van der Waals surface area contributed by atoms with Crippen molar-refractivity contribution in [1.82, 2.24) is 4.98 Å². The number of aromatic amines is 1. The van der Waals surface area contributed by atoms with Crippen LogP contribution in [0.4, 0.5) is 5.69 Å². The molecule has 1 aliphatic heterocycles. The molecule has 4 heteroatoms. The number of aromatic carboxylic acids is 1. The number of hydrogen-bond donors (Lipinski definition) is 3. The minimum Gasteiger partial charge on any atom is -0.478 e. The number of aromatic nitrogens is 1. The summed E-state index contributed by atoms with van der Waals surface area (Å²) in [6.45, 7) is 0. The summed E-state index contributed by atoms with van der Waals surface area (Å²) in [7, 11) is 0. The molecule has 28 heavy (non-hydrogen) atoms. The molecule has 3 N–H and O–H groups in total. The van der Waals surface area contributed by atoms with Gasteiger partial charge in [-0.1, -0.05) is 42.5 Å². The summed E-state index contributed by atoms with van der Waals surface area (Å²) in [6, 6.07) is 23.4. The van der Waals surface area contributed by atoms with Crippen molar-refractivity contribution in [3.05, 3.63) is 101 Å². The topological polar surface area (TPSA) is 67.1 Å². The lowest BCUT2D eigenvalue weighted by Gasteiger charge is -2.11. The monoisotopic (exact) mass is 365 g/mol. The molecule has 0 amide bonds. The lowest BCUT2D eigenvalue weighted by molar-refractivity contribution is -0.342. The molecule has 1 aromatic heterocycles. The molecule has 0 saturated carbocycles. The van der Waals surface area contributed by atoms with Crippen LogP contribution in [0, 0.1) is 0 Å². The number of benzene rings is 3. The van der Waals surface area contributed by atoms with Gasteiger partial charge in [-0.15, -0.1) is 0 Å². The number of H-pyrrole nitrogens is 1. The number of para-hydroxylation sites is 2. The maximum Gasteiger partial charge on any atom is 0.335 e. The number of carboxylic acid groups (broad SMARTS) is 1. The van der Waals surface area contributed by atoms with Crippen molar-refractivity contribution in [2.75, 3.05) is 0 Å². The second kappa shape index (κ2) is 6.35. The minimum atomic E-state index is -0.924. The third-order valence-corrected chi connectivity index (χ3v) is 5.14. The predicted molar refractivity (Wildman–Crippen MR) is 111 cm³/mol. The molecule has 4 aromatic rings. The summed E-state index contributed by atoms with van der Waals surface area (Å²) in [5.41, 5.74) is 7.75. The van der Waals surface area contributed by atoms with E-state index < -0.39 is 5.97 Å². The van der Waals surface area contributed by atoms with E-state index in [-0.39, 0.29) is 5.56 Å². The first-order valence-electron chi connectivity index (χ1n) is 9.06. The number of allylic oxidation sites excluding steroid dienone is 1. The molecule has 4 nitrogen and oxygen atoms in total. The highest BCUT2D eigenvalue weighted by Gasteiger charge is 2.24. The first-order chi connectivity index (χ1) is 13.7. The maximum atomic E-state index is 11.3. The van der Waals surface area contributed by atoms with Gasteiger partial charge in [0.1, 0.15) is 0 Å². The van der Waals surface area contributed by atoms with Gasteiger partial charge in [0.2, 0.25) is 5.69 Å². The zero-order valence-electron chi connectivity index (χ0n) is 14.9. The molecule has 2 heterocycles. The average molecular weight is 365 g/mol. The van der Waals surface area contributed by atoms with Crippen LogP contribution in [0.25, 0.3) is 22.0 Å². The van der Waals surface area contributed by atoms with E-state index in [0.717, 1.165) is 44.4 Å². The van der Waals surface area contributed by atoms with Gasteiger partial charge in [0, 0.05) is 34.3 Å². The zero-order chi connectivity index (χ0) is 19.1. The SMILES string of the molecule is O=C(O)c1ccc(C(=C2C=[NH+]c3ccccc32)c2c[nH]c3ccccc23)cc1. The molecule has 5 rings (SSSR count). The van der Waals surface area contributed by atoms with Crippen LogP contribution < -0.4 is 4.99 Å². The summed E-state index contributed by atoms with van der Waals surface area (Å²) in [5.74, 6) is -0.924. The van der Waals surface area contributed by atoms with E-state index in [0.29, 0.717) is 0 Å². The molecular weight excluding hydrogens is 348 g/mol. The Morgan fingerprint density at radius 2 is 1.57 bits per heavy atom. The van der Waals surface area contributed by atoms with E-state index in [1.54, 1.807) is 12.1 Å². The highest BCUT2D eigenvalue weighted by atomic mass is 16.4. The Balaban J connectivity index is 1.80. The molecule has 0 aliphatic carbocycles. The van der Waals surface area contributed by atoms with Crippen LogP contribution in [0.15, 0.2) is 79.0 Å². The fraction of sp³-hybridized carbons (Fsp3) is 0. The third kappa shape index (κ3) is 2.55. The van der Waals surface area contributed by atoms with Gasteiger partial charge in [-0.25, -0.2) is 9.79 Å². The number of fused-ring (bicyclic) bond motifs is 2. The molecule has 0 saturated heterocycles. The van der Waals surface area contributed by atoms with Crippen molar-refractivity contribution in [3.8, 4) is 0 Å². The number of hydrogen-bond acceptors (Lipinski definition) is 1. The van der Waals surface area contributed by atoms with E-state index in [2.05, 4.69) is 34.2 Å². The van der Waals surface area contributed by atoms with Crippen LogP contribution >= 0.6 is 0 Å². The van der Waals surface area contributed by atoms with Gasteiger partial charge >= 0.3 is 5.97 Å². The Hall–Kier alpha value is -3.92. The van der Waals surface area contributed by atoms with E-state index in [1.165, 1.54) is 0 Å². The van der Waals surface area contributed by atoms with Crippen LogP contribution in [-0.4, -0.2) is 22.3 Å². The van der Waals surface area contributed by atoms with Crippen LogP contribution in [-0.2, 0) is 0 Å². The largest absolute Gasteiger partial charge is 0.478 e. The number of nitrogens with one attached hydrogen (secondary N) is 2. The first-order valence-corrected chi connectivity index (χ1v) is 9.06. The Morgan fingerprint density at radius 1 is 0.857 bits per heavy atom. The van der Waals surface area contributed by atoms with Gasteiger partial charge in [-0.3, -0.25) is 0 Å². The predicted octanol–water partition coefficient (Wildman–Crippen LogP) is 3.62. The number of carbonyl (C=O) groups is 1. The van der Waals surface area contributed by atoms with E-state index in [4.69, 9.17) is 0 Å². The van der Waals surface area contributed by atoms with Crippen molar-refractivity contribution in [1.29, 1.82) is 0 Å². The van der Waals surface area contributed by atoms with Gasteiger partial charge < -0.3 is 10.1 Å². The molecule has 1 aliphatic rings. The van der Waals surface area contributed by atoms with Crippen molar-refractivity contribution in [2.45, 2.75) is 0 Å². The molecule has 0 radical (unpaired) electrons. The fourth-order valence-corrected chi connectivity index (χ4v) is 3.79. The van der Waals surface area contributed by atoms with Crippen LogP contribution in [0.2, 0.25) is 0 Å². The molecule has 0 bridgehead atoms. The van der Waals surface area contributed by atoms with Crippen LogP contribution in [0.1, 0.15) is 27.0 Å². The summed E-state index contributed by atoms with van der Waals surface area (Å²) < 4.78 is 0. The highest BCUT2D eigenvalue weighted by molar-refractivity contribution is 6.24. The number of rotatable bonds is 3. The molecule has 134 valence electrons. The normalized spacial score (nSPS) is 14.3. The van der Waals surface area contributed by atoms with E-state index in [9.17, 15) is 9.90 Å². The van der Waals surface area contributed by atoms with Crippen LogP contribution in [0.5, 0.6) is 0 Å². The van der Waals surface area contributed by atoms with Gasteiger partial charge in [-0.05, 0) is 29.8 Å². The number of carboxylic acids is 1. The Labute approximate surface area is 161 Å². The average Bonchev–Trinajstić information content (AvgIpc) is 3.34. The van der Waals surface area contributed by atoms with E-state index in [1.807, 2.05) is 48.8 Å². The standard InChI is InChI=1S/C24H16N2O2/c27-24(28)16-11-9-15(10-12-16)23(19-13-25-21-7-3-1-5-17(19)21)20-14-26-22-8-4-2-6-18(20)22/h1-14,25H,(H,27,28)/p+1. The molecule has 0 spiro atoms. The Bertz CT molecular complexity index is 1280. The second-order valence-electron chi connectivity index (χ2n) is 6.75. The minimum absolute atomic E-state index is 0.279. The summed E-state index contributed by atoms with van der Waals surface area (Å²) in [4.78, 5) is 18.0. The highest BCUT2D eigenvalue weighted by Crippen LogP contribution is 2.37. The molecule has 0 unspecified atom stereocenters. The molecule has 0 fully saturated rings. The van der Waals surface area contributed by atoms with Gasteiger partial charge in [-0.2, -0.15) is 0 Å². The second-order valence-corrected chi connectivity index (χ2v) is 6.75. The first kappa shape index (κ1) is 16.3. The van der Waals surface area contributed by atoms with Gasteiger partial charge in [0.05, 0.1) is 16.7 Å². The van der Waals surface area contributed by atoms with E-state index >= 15 is 0 Å². The maximum absolute atomic E-state index is 11.3. The Morgan fingerprint density at radius 3 is 2.39 bits per heavy atom. The summed E-state index contributed by atoms with van der Waals surface area (Å²) in [5, 5.41) is 10.4. The summed E-state index contributed by atoms with van der Waals surface area (Å²) in [6.07, 6.45) is 4.04. The lowest BCUT2D eigenvalue weighted by Crippen LogP contribution is -2.58. The molecule has 0 atom stereocenters. The fourth-order valence-electron chi connectivity index (χ4n) is 3.79. The lowest BCUT2D eigenvalue weighted by atomic mass is 9.90. The quantitative estimate of drug-likeness (QED) is 0.519. The molecular formula is C24H17N2O2+. The molecule has 3 aromatic carbocycles. The third-order valence-electron chi connectivity index (χ3n) is 5.14. The van der Waals surface area contributed by atoms with Crippen molar-refractivity contribution < 1.29 is 14.9 Å². The van der Waals surface area contributed by atoms with Gasteiger partial charge in [0.15, 0.2) is 6.21 Å². The van der Waals surface area contributed by atoms with Crippen molar-refractivity contribution in [2.24, 2.45) is 0 Å². The smallest absolute Gasteiger partial charge is 0.335 e. The summed E-state index contributed by atoms with van der Waals surface area (Å²) >= 11 is 0. The van der Waals surface area contributed by atoms with Crippen molar-refractivity contribution >= 4 is 39.9 Å². The van der Waals surface area contributed by atoms with Crippen LogP contribution in [0.3, 0.4) is 0 Å². The van der Waals surface area contributed by atoms with Gasteiger partial charge in [0.25, 0.3) is 0 Å².